The van der Waals surface area contributed by atoms with E-state index < -0.39 is 23.2 Å². The predicted molar refractivity (Wildman–Crippen MR) is 113 cm³/mol. The zero-order valence-electron chi connectivity index (χ0n) is 17.3. The number of fused-ring (bicyclic) bond motifs is 1. The van der Waals surface area contributed by atoms with Gasteiger partial charge in [-0.25, -0.2) is 4.79 Å². The standard InChI is InChI=1S/C19H30N4O7S/c24-13(21-10-15(27)28)6-2-1-5-9-20-17(29)19(8-4-3-7-14(25)26)16-12(11-31-19)22-18(30)23-16/h12,16H,1-11H2,(H,20,29)(H,21,24)(H,25,26)(H,27,28)(H2,22,23,30)/t12-,16-,19-/m0/s1. The van der Waals surface area contributed by atoms with Crippen molar-refractivity contribution < 1.29 is 34.2 Å². The van der Waals surface area contributed by atoms with E-state index in [4.69, 9.17) is 10.2 Å². The number of aliphatic carboxylic acids is 2. The van der Waals surface area contributed by atoms with Crippen molar-refractivity contribution in [2.75, 3.05) is 18.8 Å². The van der Waals surface area contributed by atoms with Gasteiger partial charge in [-0.05, 0) is 25.7 Å². The van der Waals surface area contributed by atoms with Crippen LogP contribution in [-0.2, 0) is 19.2 Å². The van der Waals surface area contributed by atoms with Crippen molar-refractivity contribution in [2.45, 2.75) is 68.2 Å². The van der Waals surface area contributed by atoms with Crippen LogP contribution in [0, 0.1) is 0 Å². The summed E-state index contributed by atoms with van der Waals surface area (Å²) in [5, 5.41) is 28.3. The topological polar surface area (TPSA) is 174 Å². The Labute approximate surface area is 184 Å². The second-order valence-corrected chi connectivity index (χ2v) is 9.09. The maximum Gasteiger partial charge on any atom is 0.322 e. The highest BCUT2D eigenvalue weighted by atomic mass is 32.2. The van der Waals surface area contributed by atoms with E-state index in [1.165, 1.54) is 11.8 Å². The number of hydrogen-bond acceptors (Lipinski definition) is 6. The van der Waals surface area contributed by atoms with Gasteiger partial charge < -0.3 is 31.5 Å². The number of rotatable bonds is 14. The van der Waals surface area contributed by atoms with Gasteiger partial charge in [-0.15, -0.1) is 11.8 Å². The van der Waals surface area contributed by atoms with Crippen LogP contribution in [0.25, 0.3) is 0 Å². The minimum atomic E-state index is -1.09. The molecule has 2 aliphatic heterocycles. The summed E-state index contributed by atoms with van der Waals surface area (Å²) in [6, 6.07) is -0.765. The van der Waals surface area contributed by atoms with Crippen LogP contribution in [0.5, 0.6) is 0 Å². The van der Waals surface area contributed by atoms with Crippen molar-refractivity contribution in [3.63, 3.8) is 0 Å². The molecule has 2 fully saturated rings. The van der Waals surface area contributed by atoms with E-state index in [-0.39, 0.29) is 42.8 Å². The highest BCUT2D eigenvalue weighted by molar-refractivity contribution is 8.01. The Balaban J connectivity index is 1.78. The molecule has 0 saturated carbocycles. The number of carbonyl (C=O) groups excluding carboxylic acids is 3. The molecule has 0 unspecified atom stereocenters. The Kier molecular flexibility index (Phi) is 9.41. The molecule has 0 radical (unpaired) electrons. The lowest BCUT2D eigenvalue weighted by Gasteiger charge is -2.32. The van der Waals surface area contributed by atoms with Crippen molar-refractivity contribution >= 4 is 41.5 Å². The summed E-state index contributed by atoms with van der Waals surface area (Å²) in [4.78, 5) is 57.5. The fourth-order valence-corrected chi connectivity index (χ4v) is 5.50. The van der Waals surface area contributed by atoms with Gasteiger partial charge in [0.15, 0.2) is 0 Å². The molecule has 2 saturated heterocycles. The van der Waals surface area contributed by atoms with E-state index in [0.717, 1.165) is 0 Å². The molecule has 0 aliphatic carbocycles. The van der Waals surface area contributed by atoms with E-state index in [2.05, 4.69) is 21.3 Å². The number of thioether (sulfide) groups is 1. The Morgan fingerprint density at radius 3 is 2.42 bits per heavy atom. The summed E-state index contributed by atoms with van der Waals surface area (Å²) in [5.74, 6) is -1.83. The summed E-state index contributed by atoms with van der Waals surface area (Å²) >= 11 is 1.49. The lowest BCUT2D eigenvalue weighted by molar-refractivity contribution is -0.138. The zero-order chi connectivity index (χ0) is 22.9. The molecule has 6 N–H and O–H groups in total. The second kappa shape index (κ2) is 11.8. The Morgan fingerprint density at radius 2 is 1.71 bits per heavy atom. The van der Waals surface area contributed by atoms with Gasteiger partial charge in [0.05, 0.1) is 12.1 Å². The average molecular weight is 459 g/mol. The van der Waals surface area contributed by atoms with Gasteiger partial charge >= 0.3 is 18.0 Å². The van der Waals surface area contributed by atoms with Crippen LogP contribution < -0.4 is 21.3 Å². The van der Waals surface area contributed by atoms with E-state index in [1.54, 1.807) is 0 Å². The molecule has 0 bridgehead atoms. The van der Waals surface area contributed by atoms with Crippen molar-refractivity contribution in [3.05, 3.63) is 0 Å². The zero-order valence-corrected chi connectivity index (χ0v) is 18.1. The first-order valence-corrected chi connectivity index (χ1v) is 11.4. The summed E-state index contributed by atoms with van der Waals surface area (Å²) in [6.45, 7) is 0.0282. The van der Waals surface area contributed by atoms with E-state index >= 15 is 0 Å². The monoisotopic (exact) mass is 458 g/mol. The number of carbonyl (C=O) groups is 5. The smallest absolute Gasteiger partial charge is 0.322 e. The molecule has 0 aromatic carbocycles. The van der Waals surface area contributed by atoms with Crippen molar-refractivity contribution in [2.24, 2.45) is 0 Å². The number of urea groups is 1. The first-order valence-electron chi connectivity index (χ1n) is 10.4. The van der Waals surface area contributed by atoms with Crippen LogP contribution >= 0.6 is 11.8 Å². The van der Waals surface area contributed by atoms with Gasteiger partial charge in [-0.2, -0.15) is 0 Å². The van der Waals surface area contributed by atoms with Crippen LogP contribution in [0.2, 0.25) is 0 Å². The predicted octanol–water partition coefficient (Wildman–Crippen LogP) is 0.0444. The first-order chi connectivity index (χ1) is 14.7. The lowest BCUT2D eigenvalue weighted by atomic mass is 9.88. The molecule has 0 aromatic rings. The average Bonchev–Trinajstić information content (AvgIpc) is 3.24. The quantitative estimate of drug-likeness (QED) is 0.156. The molecule has 11 nitrogen and oxygen atoms in total. The molecule has 2 aliphatic rings. The van der Waals surface area contributed by atoms with Crippen LogP contribution in [-0.4, -0.2) is 75.7 Å². The van der Waals surface area contributed by atoms with Gasteiger partial charge in [-0.1, -0.05) is 12.8 Å². The molecular formula is C19H30N4O7S. The third-order valence-electron chi connectivity index (χ3n) is 5.40. The van der Waals surface area contributed by atoms with Crippen LogP contribution in [0.3, 0.4) is 0 Å². The Bertz CT molecular complexity index is 705. The number of nitrogens with one attached hydrogen (secondary N) is 4. The third kappa shape index (κ3) is 7.30. The molecular weight excluding hydrogens is 428 g/mol. The molecule has 3 atom stereocenters. The highest BCUT2D eigenvalue weighted by Gasteiger charge is 2.57. The normalized spacial score (nSPS) is 24.1. The maximum atomic E-state index is 13.1. The van der Waals surface area contributed by atoms with E-state index in [9.17, 15) is 24.0 Å². The Hall–Kier alpha value is -2.50. The van der Waals surface area contributed by atoms with Crippen LogP contribution in [0.1, 0.15) is 51.4 Å². The SMILES string of the molecule is O=C(O)CCCC[C@]1(C(=O)NCCCCCC(=O)NCC(=O)O)SC[C@@H]2NC(=O)N[C@@H]21. The molecule has 2 rings (SSSR count). The van der Waals surface area contributed by atoms with Gasteiger partial charge in [-0.3, -0.25) is 19.2 Å². The molecule has 12 heteroatoms. The molecule has 0 spiro atoms. The molecule has 4 amide bonds. The first kappa shape index (κ1) is 24.8. The molecule has 31 heavy (non-hydrogen) atoms. The van der Waals surface area contributed by atoms with Crippen LogP contribution in [0.15, 0.2) is 0 Å². The van der Waals surface area contributed by atoms with E-state index in [1.807, 2.05) is 0 Å². The van der Waals surface area contributed by atoms with E-state index in [0.29, 0.717) is 50.8 Å². The summed E-state index contributed by atoms with van der Waals surface area (Å²) < 4.78 is -0.834. The minimum Gasteiger partial charge on any atom is -0.481 e. The summed E-state index contributed by atoms with van der Waals surface area (Å²) in [7, 11) is 0. The fraction of sp³-hybridized carbons (Fsp3) is 0.737. The fourth-order valence-electron chi connectivity index (χ4n) is 3.86. The highest BCUT2D eigenvalue weighted by Crippen LogP contribution is 2.44. The van der Waals surface area contributed by atoms with Gasteiger partial charge in [0.1, 0.15) is 11.3 Å². The number of amides is 4. The third-order valence-corrected chi connectivity index (χ3v) is 7.09. The Morgan fingerprint density at radius 1 is 0.968 bits per heavy atom. The largest absolute Gasteiger partial charge is 0.481 e. The molecule has 0 aromatic heterocycles. The number of carboxylic acid groups (broad SMARTS) is 2. The van der Waals surface area contributed by atoms with Gasteiger partial charge in [0, 0.05) is 25.1 Å². The maximum absolute atomic E-state index is 13.1. The molecule has 174 valence electrons. The van der Waals surface area contributed by atoms with Gasteiger partial charge in [0.25, 0.3) is 0 Å². The lowest BCUT2D eigenvalue weighted by Crippen LogP contribution is -2.56. The number of unbranched alkanes of at least 4 members (excludes halogenated alkanes) is 3. The summed E-state index contributed by atoms with van der Waals surface area (Å²) in [5.41, 5.74) is 0. The number of carboxylic acids is 2. The van der Waals surface area contributed by atoms with Crippen LogP contribution in [0.4, 0.5) is 4.79 Å². The van der Waals surface area contributed by atoms with Crippen molar-refractivity contribution in [3.8, 4) is 0 Å². The minimum absolute atomic E-state index is 0.0428. The summed E-state index contributed by atoms with van der Waals surface area (Å²) in [6.07, 6.45) is 3.73. The molecule has 2 heterocycles. The number of hydrogen-bond donors (Lipinski definition) is 6. The van der Waals surface area contributed by atoms with Crippen molar-refractivity contribution in [1.29, 1.82) is 0 Å². The second-order valence-electron chi connectivity index (χ2n) is 7.74. The van der Waals surface area contributed by atoms with Gasteiger partial charge in [0.2, 0.25) is 11.8 Å². The van der Waals surface area contributed by atoms with Crippen molar-refractivity contribution in [1.82, 2.24) is 21.3 Å².